The zero-order valence-corrected chi connectivity index (χ0v) is 20.8. The van der Waals surface area contributed by atoms with Crippen molar-refractivity contribution in [2.75, 3.05) is 6.67 Å². The molecule has 0 aromatic heterocycles. The van der Waals surface area contributed by atoms with Gasteiger partial charge < -0.3 is 9.80 Å². The van der Waals surface area contributed by atoms with Crippen molar-refractivity contribution in [1.29, 1.82) is 0 Å². The minimum atomic E-state index is 0.541. The third-order valence-corrected chi connectivity index (χ3v) is 7.21. The minimum absolute atomic E-state index is 0.541. The van der Waals surface area contributed by atoms with Gasteiger partial charge in [0.25, 0.3) is 0 Å². The van der Waals surface area contributed by atoms with E-state index in [9.17, 15) is 0 Å². The monoisotopic (exact) mass is 408 g/mol. The van der Waals surface area contributed by atoms with E-state index in [0.717, 1.165) is 13.1 Å². The Morgan fingerprint density at radius 3 is 1.87 bits per heavy atom. The van der Waals surface area contributed by atoms with Gasteiger partial charge in [0, 0.05) is 35.6 Å². The van der Waals surface area contributed by atoms with Gasteiger partial charge in [-0.3, -0.25) is 0 Å². The van der Waals surface area contributed by atoms with Gasteiger partial charge in [-0.15, -0.1) is 0 Å². The van der Waals surface area contributed by atoms with Crippen LogP contribution in [-0.4, -0.2) is 16.5 Å². The van der Waals surface area contributed by atoms with E-state index in [4.69, 9.17) is 0 Å². The Bertz CT molecular complexity index is 772. The summed E-state index contributed by atoms with van der Waals surface area (Å²) in [4.78, 5) is 5.11. The molecule has 0 amide bonds. The molecule has 0 aromatic rings. The average Bonchev–Trinajstić information content (AvgIpc) is 3.15. The van der Waals surface area contributed by atoms with Crippen LogP contribution < -0.4 is 0 Å². The lowest BCUT2D eigenvalue weighted by molar-refractivity contribution is 0.235. The lowest BCUT2D eigenvalue weighted by Gasteiger charge is -2.40. The van der Waals surface area contributed by atoms with Gasteiger partial charge in [0.05, 0.1) is 6.67 Å². The number of allylic oxidation sites excluding steroid dienone is 8. The molecule has 2 aliphatic carbocycles. The highest BCUT2D eigenvalue weighted by atomic mass is 15.4. The molecular weight excluding hydrogens is 364 g/mol. The number of hydrogen-bond donors (Lipinski definition) is 0. The molecule has 0 aromatic carbocycles. The van der Waals surface area contributed by atoms with Crippen LogP contribution in [0.1, 0.15) is 68.7 Å². The van der Waals surface area contributed by atoms with Crippen molar-refractivity contribution < 1.29 is 0 Å². The molecule has 0 N–H and O–H groups in total. The van der Waals surface area contributed by atoms with Crippen LogP contribution in [0.15, 0.2) is 59.2 Å². The van der Waals surface area contributed by atoms with Crippen molar-refractivity contribution in [3.05, 3.63) is 59.2 Å². The molecule has 0 fully saturated rings. The van der Waals surface area contributed by atoms with Crippen LogP contribution in [0.25, 0.3) is 0 Å². The Morgan fingerprint density at radius 1 is 0.767 bits per heavy atom. The largest absolute Gasteiger partial charge is 0.331 e. The van der Waals surface area contributed by atoms with Crippen LogP contribution in [0.5, 0.6) is 0 Å². The molecule has 0 saturated carbocycles. The van der Waals surface area contributed by atoms with E-state index in [1.807, 2.05) is 0 Å². The van der Waals surface area contributed by atoms with E-state index in [1.54, 1.807) is 11.4 Å². The maximum absolute atomic E-state index is 2.56. The summed E-state index contributed by atoms with van der Waals surface area (Å²) in [5.41, 5.74) is 6.13. The first kappa shape index (κ1) is 23.0. The van der Waals surface area contributed by atoms with Crippen molar-refractivity contribution in [3.8, 4) is 0 Å². The van der Waals surface area contributed by atoms with Gasteiger partial charge in [-0.05, 0) is 47.2 Å². The molecule has 0 saturated heterocycles. The van der Waals surface area contributed by atoms with Crippen LogP contribution in [0, 0.1) is 41.4 Å². The van der Waals surface area contributed by atoms with E-state index in [-0.39, 0.29) is 0 Å². The van der Waals surface area contributed by atoms with Gasteiger partial charge in [0.2, 0.25) is 0 Å². The molecule has 3 rings (SSSR count). The summed E-state index contributed by atoms with van der Waals surface area (Å²) in [6.45, 7) is 22.2. The molecule has 3 aliphatic rings. The fourth-order valence-electron chi connectivity index (χ4n) is 5.61. The third-order valence-electron chi connectivity index (χ3n) is 7.21. The molecule has 2 heteroatoms. The highest BCUT2D eigenvalue weighted by Gasteiger charge is 2.36. The van der Waals surface area contributed by atoms with Crippen molar-refractivity contribution in [2.24, 2.45) is 41.4 Å². The second kappa shape index (κ2) is 9.20. The zero-order valence-electron chi connectivity index (χ0n) is 20.8. The molecule has 3 atom stereocenters. The predicted octanol–water partition coefficient (Wildman–Crippen LogP) is 7.56. The first-order chi connectivity index (χ1) is 14.1. The summed E-state index contributed by atoms with van der Waals surface area (Å²) >= 11 is 0. The number of hydrogen-bond acceptors (Lipinski definition) is 2. The maximum Gasteiger partial charge on any atom is 0.0983 e. The summed E-state index contributed by atoms with van der Waals surface area (Å²) in [6.07, 6.45) is 15.5. The normalized spacial score (nSPS) is 27.3. The first-order valence-electron chi connectivity index (χ1n) is 12.2. The average molecular weight is 409 g/mol. The molecule has 0 radical (unpaired) electrons. The summed E-state index contributed by atoms with van der Waals surface area (Å²) in [5, 5.41) is 0. The SMILES string of the molecule is CC(C)C1=C(N2C=CN(C3=C(C(C)C)C=CC[C@@H]3C(C)C)C2)[C@@H](C(C)C)C(C)C=C1. The highest BCUT2D eigenvalue weighted by molar-refractivity contribution is 5.38. The Kier molecular flexibility index (Phi) is 7.05. The van der Waals surface area contributed by atoms with Gasteiger partial charge in [-0.25, -0.2) is 0 Å². The van der Waals surface area contributed by atoms with Crippen LogP contribution in [0.4, 0.5) is 0 Å². The van der Waals surface area contributed by atoms with Crippen molar-refractivity contribution in [2.45, 2.75) is 68.7 Å². The van der Waals surface area contributed by atoms with E-state index in [0.29, 0.717) is 41.4 Å². The fraction of sp³-hybridized carbons (Fsp3) is 0.643. The van der Waals surface area contributed by atoms with E-state index >= 15 is 0 Å². The second-order valence-electron chi connectivity index (χ2n) is 10.8. The summed E-state index contributed by atoms with van der Waals surface area (Å²) in [6, 6.07) is 0. The van der Waals surface area contributed by atoms with Crippen LogP contribution >= 0.6 is 0 Å². The molecule has 0 spiro atoms. The number of nitrogens with zero attached hydrogens (tertiary/aromatic N) is 2. The molecular formula is C28H44N2. The zero-order chi connectivity index (χ0) is 22.2. The number of rotatable bonds is 6. The smallest absolute Gasteiger partial charge is 0.0983 e. The second-order valence-corrected chi connectivity index (χ2v) is 10.8. The maximum atomic E-state index is 2.56. The van der Waals surface area contributed by atoms with Gasteiger partial charge in [-0.1, -0.05) is 86.6 Å². The summed E-state index contributed by atoms with van der Waals surface area (Å²) in [5.74, 6) is 4.11. The Labute approximate surface area is 186 Å². The van der Waals surface area contributed by atoms with Gasteiger partial charge in [0.15, 0.2) is 0 Å². The Morgan fingerprint density at radius 2 is 1.33 bits per heavy atom. The third kappa shape index (κ3) is 4.34. The summed E-state index contributed by atoms with van der Waals surface area (Å²) in [7, 11) is 0. The topological polar surface area (TPSA) is 6.48 Å². The van der Waals surface area contributed by atoms with Crippen molar-refractivity contribution in [1.82, 2.24) is 9.80 Å². The molecule has 2 nitrogen and oxygen atoms in total. The van der Waals surface area contributed by atoms with Crippen LogP contribution in [0.2, 0.25) is 0 Å². The standard InChI is InChI=1S/C28H44N2/c1-18(2)23-11-10-12-24(19(3)4)27(23)29-15-16-30(17-29)28-25(20(5)6)14-13-22(9)26(28)21(7)8/h10-11,13-16,18-22,24,26H,12,17H2,1-9H3/t22?,24-,26+/m1/s1. The minimum Gasteiger partial charge on any atom is -0.331 e. The van der Waals surface area contributed by atoms with Gasteiger partial charge >= 0.3 is 0 Å². The molecule has 1 heterocycles. The van der Waals surface area contributed by atoms with Crippen LogP contribution in [-0.2, 0) is 0 Å². The van der Waals surface area contributed by atoms with E-state index in [1.165, 1.54) is 11.1 Å². The molecule has 30 heavy (non-hydrogen) atoms. The Hall–Kier alpha value is -1.70. The quantitative estimate of drug-likeness (QED) is 0.447. The van der Waals surface area contributed by atoms with Crippen LogP contribution in [0.3, 0.4) is 0 Å². The van der Waals surface area contributed by atoms with E-state index < -0.39 is 0 Å². The summed E-state index contributed by atoms with van der Waals surface area (Å²) < 4.78 is 0. The van der Waals surface area contributed by atoms with Crippen molar-refractivity contribution in [3.63, 3.8) is 0 Å². The van der Waals surface area contributed by atoms with Gasteiger partial charge in [0.1, 0.15) is 0 Å². The first-order valence-corrected chi connectivity index (χ1v) is 12.2. The highest BCUT2D eigenvalue weighted by Crippen LogP contribution is 2.43. The molecule has 1 aliphatic heterocycles. The lowest BCUT2D eigenvalue weighted by Crippen LogP contribution is -2.36. The molecule has 166 valence electrons. The Balaban J connectivity index is 1.99. The predicted molar refractivity (Wildman–Crippen MR) is 130 cm³/mol. The van der Waals surface area contributed by atoms with Gasteiger partial charge in [-0.2, -0.15) is 0 Å². The van der Waals surface area contributed by atoms with E-state index in [2.05, 4.69) is 109 Å². The molecule has 0 bridgehead atoms. The molecule has 1 unspecified atom stereocenters. The fourth-order valence-corrected chi connectivity index (χ4v) is 5.61. The van der Waals surface area contributed by atoms with Crippen molar-refractivity contribution >= 4 is 0 Å². The lowest BCUT2D eigenvalue weighted by atomic mass is 9.75.